The molecule has 0 aliphatic heterocycles. The Morgan fingerprint density at radius 2 is 1.80 bits per heavy atom. The summed E-state index contributed by atoms with van der Waals surface area (Å²) in [5, 5.41) is 5.44. The number of nitrogens with one attached hydrogen (secondary N) is 2. The van der Waals surface area contributed by atoms with Crippen molar-refractivity contribution in [2.24, 2.45) is 0 Å². The number of para-hydroxylation sites is 1. The van der Waals surface area contributed by atoms with Gasteiger partial charge in [0.1, 0.15) is 0 Å². The van der Waals surface area contributed by atoms with E-state index in [-0.39, 0.29) is 18.4 Å². The Kier molecular flexibility index (Phi) is 7.47. The molecule has 25 heavy (non-hydrogen) atoms. The lowest BCUT2D eigenvalue weighted by Gasteiger charge is -2.19. The number of halogens is 1. The fourth-order valence-electron chi connectivity index (χ4n) is 2.31. The van der Waals surface area contributed by atoms with Crippen molar-refractivity contribution in [2.75, 3.05) is 31.6 Å². The Hall–Kier alpha value is -2.34. The highest BCUT2D eigenvalue weighted by Crippen LogP contribution is 2.11. The second-order valence-corrected chi connectivity index (χ2v) is 6.57. The minimum atomic E-state index is -0.264. The Morgan fingerprint density at radius 1 is 1.04 bits per heavy atom. The van der Waals surface area contributed by atoms with Gasteiger partial charge in [-0.15, -0.1) is 0 Å². The monoisotopic (exact) mass is 403 g/mol. The zero-order chi connectivity index (χ0) is 18.1. The normalized spacial score (nSPS) is 10.2. The van der Waals surface area contributed by atoms with Crippen LogP contribution < -0.4 is 15.5 Å². The predicted molar refractivity (Wildman–Crippen MR) is 104 cm³/mol. The van der Waals surface area contributed by atoms with Gasteiger partial charge in [0.2, 0.25) is 5.91 Å². The molecule has 2 N–H and O–H groups in total. The summed E-state index contributed by atoms with van der Waals surface area (Å²) >= 11 is 3.32. The van der Waals surface area contributed by atoms with E-state index in [1.807, 2.05) is 31.3 Å². The van der Waals surface area contributed by atoms with Crippen LogP contribution in [-0.2, 0) is 4.79 Å². The summed E-state index contributed by atoms with van der Waals surface area (Å²) in [6.07, 6.45) is 0.830. The molecule has 0 saturated carbocycles. The van der Waals surface area contributed by atoms with E-state index in [9.17, 15) is 9.59 Å². The summed E-state index contributed by atoms with van der Waals surface area (Å²) in [6.45, 7) is 1.39. The average molecular weight is 404 g/mol. The molecule has 0 unspecified atom stereocenters. The quantitative estimate of drug-likeness (QED) is 0.666. The Bertz CT molecular complexity index is 707. The van der Waals surface area contributed by atoms with E-state index >= 15 is 0 Å². The molecular formula is C19H22BrN3O2. The first-order valence-electron chi connectivity index (χ1n) is 8.13. The zero-order valence-corrected chi connectivity index (χ0v) is 15.8. The highest BCUT2D eigenvalue weighted by Gasteiger charge is 2.08. The summed E-state index contributed by atoms with van der Waals surface area (Å²) in [5.74, 6) is -0.453. The van der Waals surface area contributed by atoms with Crippen LogP contribution in [0.15, 0.2) is 59.1 Å². The number of nitrogens with zero attached hydrogens (tertiary/aromatic N) is 1. The van der Waals surface area contributed by atoms with Crippen LogP contribution >= 0.6 is 15.9 Å². The van der Waals surface area contributed by atoms with Crippen LogP contribution in [0.1, 0.15) is 16.8 Å². The topological polar surface area (TPSA) is 61.4 Å². The van der Waals surface area contributed by atoms with Gasteiger partial charge >= 0.3 is 0 Å². The molecule has 0 saturated heterocycles. The van der Waals surface area contributed by atoms with Crippen LogP contribution in [0.5, 0.6) is 0 Å². The molecule has 5 nitrogen and oxygen atoms in total. The van der Waals surface area contributed by atoms with E-state index < -0.39 is 0 Å². The van der Waals surface area contributed by atoms with E-state index in [1.54, 1.807) is 18.2 Å². The predicted octanol–water partition coefficient (Wildman–Crippen LogP) is 2.82. The van der Waals surface area contributed by atoms with Gasteiger partial charge in [-0.05, 0) is 36.8 Å². The van der Waals surface area contributed by atoms with Crippen LogP contribution in [0.4, 0.5) is 5.69 Å². The molecule has 0 aliphatic carbocycles. The van der Waals surface area contributed by atoms with Crippen LogP contribution in [-0.4, -0.2) is 38.5 Å². The number of hydrogen-bond acceptors (Lipinski definition) is 3. The molecule has 0 aromatic heterocycles. The van der Waals surface area contributed by atoms with Crippen molar-refractivity contribution >= 4 is 33.4 Å². The number of carbonyl (C=O) groups is 2. The molecule has 0 spiro atoms. The van der Waals surface area contributed by atoms with Gasteiger partial charge in [0.25, 0.3) is 5.91 Å². The largest absolute Gasteiger partial charge is 0.375 e. The summed E-state index contributed by atoms with van der Waals surface area (Å²) in [7, 11) is 2.02. The van der Waals surface area contributed by atoms with Crippen molar-refractivity contribution in [3.8, 4) is 0 Å². The van der Waals surface area contributed by atoms with Crippen molar-refractivity contribution < 1.29 is 9.59 Å². The number of carbonyl (C=O) groups excluding carboxylic acids is 2. The summed E-state index contributed by atoms with van der Waals surface area (Å²) < 4.78 is 0.826. The van der Waals surface area contributed by atoms with Gasteiger partial charge in [0, 0.05) is 35.9 Å². The minimum Gasteiger partial charge on any atom is -0.375 e. The fourth-order valence-corrected chi connectivity index (χ4v) is 2.71. The van der Waals surface area contributed by atoms with Crippen molar-refractivity contribution in [3.63, 3.8) is 0 Å². The molecule has 2 amide bonds. The van der Waals surface area contributed by atoms with Gasteiger partial charge in [-0.3, -0.25) is 9.59 Å². The molecule has 2 aromatic rings. The lowest BCUT2D eigenvalue weighted by Crippen LogP contribution is -2.38. The van der Waals surface area contributed by atoms with Crippen molar-refractivity contribution in [2.45, 2.75) is 6.42 Å². The molecule has 0 heterocycles. The second kappa shape index (κ2) is 9.84. The molecule has 0 fully saturated rings. The first-order chi connectivity index (χ1) is 12.1. The van der Waals surface area contributed by atoms with E-state index in [1.165, 1.54) is 0 Å². The van der Waals surface area contributed by atoms with Gasteiger partial charge in [-0.2, -0.15) is 0 Å². The van der Waals surface area contributed by atoms with E-state index in [2.05, 4.69) is 43.6 Å². The van der Waals surface area contributed by atoms with Crippen molar-refractivity contribution in [1.82, 2.24) is 10.6 Å². The number of benzene rings is 2. The molecule has 0 aliphatic rings. The number of rotatable bonds is 8. The van der Waals surface area contributed by atoms with Crippen LogP contribution in [0, 0.1) is 0 Å². The van der Waals surface area contributed by atoms with E-state index in [4.69, 9.17) is 0 Å². The Morgan fingerprint density at radius 3 is 2.52 bits per heavy atom. The zero-order valence-electron chi connectivity index (χ0n) is 14.2. The molecule has 0 radical (unpaired) electrons. The lowest BCUT2D eigenvalue weighted by molar-refractivity contribution is -0.120. The van der Waals surface area contributed by atoms with Crippen molar-refractivity contribution in [3.05, 3.63) is 64.6 Å². The van der Waals surface area contributed by atoms with Gasteiger partial charge in [-0.1, -0.05) is 40.2 Å². The van der Waals surface area contributed by atoms with Gasteiger partial charge in [0.15, 0.2) is 0 Å². The lowest BCUT2D eigenvalue weighted by atomic mass is 10.2. The highest BCUT2D eigenvalue weighted by atomic mass is 79.9. The van der Waals surface area contributed by atoms with Crippen molar-refractivity contribution in [1.29, 1.82) is 0 Å². The third-order valence-electron chi connectivity index (χ3n) is 3.69. The summed E-state index contributed by atoms with van der Waals surface area (Å²) in [4.78, 5) is 25.9. The third kappa shape index (κ3) is 6.58. The minimum absolute atomic E-state index is 0.0279. The number of hydrogen-bond donors (Lipinski definition) is 2. The molecule has 6 heteroatoms. The molecule has 2 rings (SSSR count). The van der Waals surface area contributed by atoms with Crippen LogP contribution in [0.25, 0.3) is 0 Å². The standard InChI is InChI=1S/C19H22BrN3O2/c1-23(17-9-3-2-4-10-17)12-6-11-21-18(24)14-22-19(25)15-7-5-8-16(20)13-15/h2-5,7-10,13H,6,11-12,14H2,1H3,(H,21,24)(H,22,25). The Balaban J connectivity index is 1.63. The summed E-state index contributed by atoms with van der Waals surface area (Å²) in [5.41, 5.74) is 1.67. The molecule has 0 bridgehead atoms. The van der Waals surface area contributed by atoms with Gasteiger partial charge < -0.3 is 15.5 Å². The first kappa shape index (κ1) is 19.0. The molecular weight excluding hydrogens is 382 g/mol. The van der Waals surface area contributed by atoms with Gasteiger partial charge in [0.05, 0.1) is 6.54 Å². The SMILES string of the molecule is CN(CCCNC(=O)CNC(=O)c1cccc(Br)c1)c1ccccc1. The molecule has 132 valence electrons. The van der Waals surface area contributed by atoms with Crippen LogP contribution in [0.3, 0.4) is 0 Å². The maximum Gasteiger partial charge on any atom is 0.251 e. The second-order valence-electron chi connectivity index (χ2n) is 5.65. The third-order valence-corrected chi connectivity index (χ3v) is 4.18. The maximum absolute atomic E-state index is 12.0. The fraction of sp³-hybridized carbons (Fsp3) is 0.263. The van der Waals surface area contributed by atoms with E-state index in [0.29, 0.717) is 12.1 Å². The smallest absolute Gasteiger partial charge is 0.251 e. The molecule has 0 atom stereocenters. The van der Waals surface area contributed by atoms with Gasteiger partial charge in [-0.25, -0.2) is 0 Å². The Labute approximate surface area is 156 Å². The number of amides is 2. The van der Waals surface area contributed by atoms with Crippen LogP contribution in [0.2, 0.25) is 0 Å². The first-order valence-corrected chi connectivity index (χ1v) is 8.92. The average Bonchev–Trinajstić information content (AvgIpc) is 2.63. The summed E-state index contributed by atoms with van der Waals surface area (Å²) in [6, 6.07) is 17.1. The van der Waals surface area contributed by atoms with E-state index in [0.717, 1.165) is 23.1 Å². The highest BCUT2D eigenvalue weighted by molar-refractivity contribution is 9.10. The molecule has 2 aromatic carbocycles. The maximum atomic E-state index is 12.0. The number of anilines is 1.